The summed E-state index contributed by atoms with van der Waals surface area (Å²) in [7, 11) is 0. The van der Waals surface area contributed by atoms with Crippen molar-refractivity contribution in [3.05, 3.63) is 35.4 Å². The van der Waals surface area contributed by atoms with Crippen LogP contribution in [0.15, 0.2) is 24.3 Å². The fourth-order valence-corrected chi connectivity index (χ4v) is 4.33. The summed E-state index contributed by atoms with van der Waals surface area (Å²) < 4.78 is 0. The van der Waals surface area contributed by atoms with Crippen molar-refractivity contribution in [2.45, 2.75) is 64.2 Å². The van der Waals surface area contributed by atoms with Crippen molar-refractivity contribution in [3.8, 4) is 0 Å². The van der Waals surface area contributed by atoms with E-state index in [1.807, 2.05) is 0 Å². The summed E-state index contributed by atoms with van der Waals surface area (Å²) in [5.74, 6) is 2.74. The molecule has 2 aliphatic rings. The summed E-state index contributed by atoms with van der Waals surface area (Å²) >= 11 is 0. The molecule has 2 atom stereocenters. The summed E-state index contributed by atoms with van der Waals surface area (Å²) in [6.45, 7) is 2.53. The maximum absolute atomic E-state index is 2.53. The topological polar surface area (TPSA) is 0 Å². The predicted octanol–water partition coefficient (Wildman–Crippen LogP) is 5.32. The van der Waals surface area contributed by atoms with Crippen molar-refractivity contribution in [1.82, 2.24) is 0 Å². The summed E-state index contributed by atoms with van der Waals surface area (Å²) in [5, 5.41) is 0. The molecule has 0 nitrogen and oxygen atoms in total. The Balaban J connectivity index is 1.80. The van der Waals surface area contributed by atoms with Gasteiger partial charge in [-0.1, -0.05) is 63.3 Å². The van der Waals surface area contributed by atoms with Crippen LogP contribution in [0.25, 0.3) is 0 Å². The van der Waals surface area contributed by atoms with E-state index in [2.05, 4.69) is 31.2 Å². The number of rotatable bonds is 2. The Kier molecular flexibility index (Phi) is 3.72. The first-order valence-corrected chi connectivity index (χ1v) is 7.94. The Bertz CT molecular complexity index is 387. The largest absolute Gasteiger partial charge is 0.0620 e. The number of hydrogen-bond acceptors (Lipinski definition) is 0. The van der Waals surface area contributed by atoms with E-state index in [9.17, 15) is 0 Å². The van der Waals surface area contributed by atoms with Crippen LogP contribution < -0.4 is 0 Å². The molecule has 1 aromatic rings. The third-order valence-electron chi connectivity index (χ3n) is 5.44. The van der Waals surface area contributed by atoms with Gasteiger partial charge in [-0.25, -0.2) is 0 Å². The number of benzene rings is 1. The van der Waals surface area contributed by atoms with Crippen LogP contribution in [0, 0.1) is 11.8 Å². The van der Waals surface area contributed by atoms with E-state index >= 15 is 0 Å². The zero-order valence-electron chi connectivity index (χ0n) is 11.7. The van der Waals surface area contributed by atoms with Gasteiger partial charge in [0.05, 0.1) is 0 Å². The zero-order valence-corrected chi connectivity index (χ0v) is 11.7. The van der Waals surface area contributed by atoms with Crippen LogP contribution in [0.4, 0.5) is 0 Å². The lowest BCUT2D eigenvalue weighted by molar-refractivity contribution is 0.219. The lowest BCUT2D eigenvalue weighted by Crippen LogP contribution is -2.24. The summed E-state index contributed by atoms with van der Waals surface area (Å²) in [5.41, 5.74) is 3.32. The van der Waals surface area contributed by atoms with Gasteiger partial charge in [-0.3, -0.25) is 0 Å². The van der Waals surface area contributed by atoms with Crippen molar-refractivity contribution >= 4 is 0 Å². The van der Waals surface area contributed by atoms with Crippen molar-refractivity contribution in [2.24, 2.45) is 11.8 Å². The lowest BCUT2D eigenvalue weighted by atomic mass is 9.68. The van der Waals surface area contributed by atoms with Crippen LogP contribution in [-0.2, 0) is 6.42 Å². The van der Waals surface area contributed by atoms with E-state index in [1.54, 1.807) is 11.1 Å². The van der Waals surface area contributed by atoms with Crippen molar-refractivity contribution < 1.29 is 0 Å². The molecule has 98 valence electrons. The maximum atomic E-state index is 2.53. The summed E-state index contributed by atoms with van der Waals surface area (Å²) in [6, 6.07) is 9.21. The quantitative estimate of drug-likeness (QED) is 0.658. The van der Waals surface area contributed by atoms with Crippen molar-refractivity contribution in [2.75, 3.05) is 0 Å². The maximum Gasteiger partial charge on any atom is -0.0131 e. The van der Waals surface area contributed by atoms with Gasteiger partial charge in [0, 0.05) is 0 Å². The first-order valence-electron chi connectivity index (χ1n) is 7.94. The van der Waals surface area contributed by atoms with Crippen LogP contribution in [0.3, 0.4) is 0 Å². The molecular formula is C18H26. The molecule has 0 amide bonds. The molecule has 0 radical (unpaired) electrons. The molecule has 0 saturated heterocycles. The lowest BCUT2D eigenvalue weighted by Gasteiger charge is -2.36. The molecule has 0 heterocycles. The second kappa shape index (κ2) is 5.47. The van der Waals surface area contributed by atoms with E-state index in [4.69, 9.17) is 0 Å². The molecule has 1 aromatic carbocycles. The van der Waals surface area contributed by atoms with Crippen LogP contribution >= 0.6 is 0 Å². The summed E-state index contributed by atoms with van der Waals surface area (Å²) in [6.07, 6.45) is 11.5. The van der Waals surface area contributed by atoms with Gasteiger partial charge in [0.2, 0.25) is 0 Å². The minimum absolute atomic E-state index is 0.845. The molecule has 0 aromatic heterocycles. The Labute approximate surface area is 112 Å². The highest BCUT2D eigenvalue weighted by atomic mass is 14.4. The fraction of sp³-hybridized carbons (Fsp3) is 0.667. The van der Waals surface area contributed by atoms with E-state index in [-0.39, 0.29) is 0 Å². The normalized spacial score (nSPS) is 26.6. The number of aryl methyl sites for hydroxylation is 1. The Morgan fingerprint density at radius 2 is 1.72 bits per heavy atom. The van der Waals surface area contributed by atoms with Gasteiger partial charge in [0.1, 0.15) is 0 Å². The zero-order chi connectivity index (χ0) is 12.4. The standard InChI is InChI=1S/C18H26/c1-14(15-8-3-2-4-9-15)17-13-7-11-16-10-5-6-12-18(16)17/h5-6,10,12,14-15,17H,2-4,7-9,11,13H2,1H3. The smallest absolute Gasteiger partial charge is 0.0131 e. The average molecular weight is 242 g/mol. The molecule has 0 bridgehead atoms. The monoisotopic (exact) mass is 242 g/mol. The molecule has 1 fully saturated rings. The molecule has 0 aliphatic heterocycles. The van der Waals surface area contributed by atoms with Gasteiger partial charge in [-0.15, -0.1) is 0 Å². The third-order valence-corrected chi connectivity index (χ3v) is 5.44. The molecule has 1 saturated carbocycles. The van der Waals surface area contributed by atoms with E-state index < -0.39 is 0 Å². The van der Waals surface area contributed by atoms with Gasteiger partial charge in [-0.2, -0.15) is 0 Å². The van der Waals surface area contributed by atoms with Crippen LogP contribution in [0.1, 0.15) is 68.9 Å². The second-order valence-electron chi connectivity index (χ2n) is 6.45. The van der Waals surface area contributed by atoms with Crippen LogP contribution in [0.2, 0.25) is 0 Å². The van der Waals surface area contributed by atoms with Gasteiger partial charge in [0.25, 0.3) is 0 Å². The Hall–Kier alpha value is -0.780. The molecule has 2 aliphatic carbocycles. The van der Waals surface area contributed by atoms with Crippen molar-refractivity contribution in [3.63, 3.8) is 0 Å². The first kappa shape index (κ1) is 12.3. The van der Waals surface area contributed by atoms with Gasteiger partial charge in [-0.05, 0) is 48.1 Å². The molecule has 2 unspecified atom stereocenters. The average Bonchev–Trinajstić information content (AvgIpc) is 2.47. The van der Waals surface area contributed by atoms with Crippen molar-refractivity contribution in [1.29, 1.82) is 0 Å². The second-order valence-corrected chi connectivity index (χ2v) is 6.45. The van der Waals surface area contributed by atoms with E-state index in [0.717, 1.165) is 17.8 Å². The third kappa shape index (κ3) is 2.35. The Morgan fingerprint density at radius 1 is 0.944 bits per heavy atom. The highest BCUT2D eigenvalue weighted by Gasteiger charge is 2.30. The molecule has 0 spiro atoms. The molecule has 3 rings (SSSR count). The van der Waals surface area contributed by atoms with Crippen LogP contribution in [0.5, 0.6) is 0 Å². The molecular weight excluding hydrogens is 216 g/mol. The van der Waals surface area contributed by atoms with E-state index in [0.29, 0.717) is 0 Å². The predicted molar refractivity (Wildman–Crippen MR) is 77.9 cm³/mol. The number of hydrogen-bond donors (Lipinski definition) is 0. The highest BCUT2D eigenvalue weighted by Crippen LogP contribution is 2.43. The summed E-state index contributed by atoms with van der Waals surface area (Å²) in [4.78, 5) is 0. The minimum Gasteiger partial charge on any atom is -0.0620 e. The fourth-order valence-electron chi connectivity index (χ4n) is 4.33. The SMILES string of the molecule is CC(C1CCCCC1)C1CCCc2ccccc21. The van der Waals surface area contributed by atoms with Crippen LogP contribution in [-0.4, -0.2) is 0 Å². The van der Waals surface area contributed by atoms with Gasteiger partial charge in [0.15, 0.2) is 0 Å². The minimum atomic E-state index is 0.845. The van der Waals surface area contributed by atoms with Gasteiger partial charge >= 0.3 is 0 Å². The molecule has 0 N–H and O–H groups in total. The molecule has 0 heteroatoms. The van der Waals surface area contributed by atoms with E-state index in [1.165, 1.54) is 51.4 Å². The number of fused-ring (bicyclic) bond motifs is 1. The highest BCUT2D eigenvalue weighted by molar-refractivity contribution is 5.33. The van der Waals surface area contributed by atoms with Gasteiger partial charge < -0.3 is 0 Å². The molecule has 18 heavy (non-hydrogen) atoms. The first-order chi connectivity index (χ1) is 8.86. The Morgan fingerprint density at radius 3 is 2.56 bits per heavy atom.